The molecule has 1 amide bonds. The number of pyridine rings is 2. The van der Waals surface area contributed by atoms with Crippen LogP contribution in [0.4, 0.5) is 15.9 Å². The predicted molar refractivity (Wildman–Crippen MR) is 136 cm³/mol. The van der Waals surface area contributed by atoms with Gasteiger partial charge >= 0.3 is 0 Å². The lowest BCUT2D eigenvalue weighted by molar-refractivity contribution is -0.125. The molecule has 0 bridgehead atoms. The third-order valence-electron chi connectivity index (χ3n) is 5.72. The zero-order chi connectivity index (χ0) is 25.8. The van der Waals surface area contributed by atoms with Crippen molar-refractivity contribution in [1.82, 2.24) is 24.8 Å². The Kier molecular flexibility index (Phi) is 7.09. The summed E-state index contributed by atoms with van der Waals surface area (Å²) in [6.07, 6.45) is 3.29. The minimum absolute atomic E-state index is 0.0774. The van der Waals surface area contributed by atoms with Crippen molar-refractivity contribution in [2.75, 3.05) is 18.4 Å². The van der Waals surface area contributed by atoms with Crippen LogP contribution in [0.2, 0.25) is 5.02 Å². The van der Waals surface area contributed by atoms with E-state index in [4.69, 9.17) is 21.1 Å². The molecule has 0 spiro atoms. The Labute approximate surface area is 216 Å². The standard InChI is InChI=1S/C26H22ClFN6O3/c1-2-24(35)34-11-10-18(13-34)37-23-9-7-20-25(33-23)26(30-15-29-20)32-16-6-8-21(19(27)12-16)36-14-17-4-3-5-22(28)31-17/h2-9,12,15,18H,1,10-11,13-14H2,(H,29,30,32). The van der Waals surface area contributed by atoms with Crippen molar-refractivity contribution in [2.45, 2.75) is 19.1 Å². The van der Waals surface area contributed by atoms with Crippen LogP contribution in [0, 0.1) is 5.95 Å². The van der Waals surface area contributed by atoms with Crippen LogP contribution < -0.4 is 14.8 Å². The van der Waals surface area contributed by atoms with Gasteiger partial charge in [0.05, 0.1) is 22.8 Å². The largest absolute Gasteiger partial charge is 0.486 e. The normalized spacial score (nSPS) is 15.0. The lowest BCUT2D eigenvalue weighted by Crippen LogP contribution is -2.29. The first-order valence-electron chi connectivity index (χ1n) is 11.5. The first-order chi connectivity index (χ1) is 18.0. The SMILES string of the molecule is C=CC(=O)N1CCC(Oc2ccc3ncnc(Nc4ccc(OCc5cccc(F)n5)c(Cl)c4)c3n2)C1. The number of carbonyl (C=O) groups is 1. The van der Waals surface area contributed by atoms with E-state index in [1.165, 1.54) is 18.5 Å². The first-order valence-corrected chi connectivity index (χ1v) is 11.9. The number of anilines is 2. The van der Waals surface area contributed by atoms with Crippen LogP contribution in [0.3, 0.4) is 0 Å². The van der Waals surface area contributed by atoms with Crippen LogP contribution in [0.15, 0.2) is 67.5 Å². The number of hydrogen-bond donors (Lipinski definition) is 1. The second-order valence-corrected chi connectivity index (χ2v) is 8.67. The number of fused-ring (bicyclic) bond motifs is 1. The van der Waals surface area contributed by atoms with E-state index in [0.29, 0.717) is 64.4 Å². The molecule has 1 aliphatic rings. The summed E-state index contributed by atoms with van der Waals surface area (Å²) < 4.78 is 25.0. The molecule has 1 aliphatic heterocycles. The maximum atomic E-state index is 13.3. The van der Waals surface area contributed by atoms with Gasteiger partial charge in [-0.3, -0.25) is 4.79 Å². The highest BCUT2D eigenvalue weighted by Crippen LogP contribution is 2.31. The van der Waals surface area contributed by atoms with Gasteiger partial charge < -0.3 is 19.7 Å². The summed E-state index contributed by atoms with van der Waals surface area (Å²) in [4.78, 5) is 30.5. The van der Waals surface area contributed by atoms with Gasteiger partial charge in [-0.15, -0.1) is 0 Å². The maximum absolute atomic E-state index is 13.3. The van der Waals surface area contributed by atoms with Gasteiger partial charge in [0.1, 0.15) is 30.3 Å². The molecule has 0 aliphatic carbocycles. The minimum Gasteiger partial charge on any atom is -0.486 e. The van der Waals surface area contributed by atoms with Crippen molar-refractivity contribution in [2.24, 2.45) is 0 Å². The van der Waals surface area contributed by atoms with Gasteiger partial charge in [0.25, 0.3) is 0 Å². The molecule has 1 unspecified atom stereocenters. The molecule has 37 heavy (non-hydrogen) atoms. The van der Waals surface area contributed by atoms with Gasteiger partial charge in [-0.25, -0.2) is 19.9 Å². The van der Waals surface area contributed by atoms with Gasteiger partial charge in [0, 0.05) is 24.7 Å². The number of rotatable bonds is 8. The average molecular weight is 521 g/mol. The van der Waals surface area contributed by atoms with Gasteiger partial charge in [0.15, 0.2) is 5.82 Å². The van der Waals surface area contributed by atoms with Crippen molar-refractivity contribution in [3.05, 3.63) is 84.2 Å². The van der Waals surface area contributed by atoms with Crippen molar-refractivity contribution >= 4 is 40.0 Å². The number of ether oxygens (including phenoxy) is 2. The maximum Gasteiger partial charge on any atom is 0.246 e. The number of nitrogens with one attached hydrogen (secondary N) is 1. The Morgan fingerprint density at radius 2 is 2.11 bits per heavy atom. The minimum atomic E-state index is -0.570. The third-order valence-corrected chi connectivity index (χ3v) is 6.01. The third kappa shape index (κ3) is 5.75. The topological polar surface area (TPSA) is 102 Å². The van der Waals surface area contributed by atoms with Crippen molar-refractivity contribution in [3.8, 4) is 11.6 Å². The molecule has 188 valence electrons. The molecule has 9 nitrogen and oxygen atoms in total. The number of carbonyl (C=O) groups excluding carboxylic acids is 1. The van der Waals surface area contributed by atoms with Crippen molar-refractivity contribution in [1.29, 1.82) is 0 Å². The molecule has 0 saturated carbocycles. The van der Waals surface area contributed by atoms with Crippen LogP contribution in [0.1, 0.15) is 12.1 Å². The Morgan fingerprint density at radius 1 is 1.22 bits per heavy atom. The van der Waals surface area contributed by atoms with Gasteiger partial charge in [-0.1, -0.05) is 24.2 Å². The molecule has 1 saturated heterocycles. The molecular weight excluding hydrogens is 499 g/mol. The fourth-order valence-corrected chi connectivity index (χ4v) is 4.15. The fourth-order valence-electron chi connectivity index (χ4n) is 3.92. The number of benzene rings is 1. The summed E-state index contributed by atoms with van der Waals surface area (Å²) in [6.45, 7) is 4.69. The first kappa shape index (κ1) is 24.4. The summed E-state index contributed by atoms with van der Waals surface area (Å²) in [5.74, 6) is 0.632. The van der Waals surface area contributed by atoms with E-state index < -0.39 is 5.95 Å². The van der Waals surface area contributed by atoms with E-state index >= 15 is 0 Å². The highest BCUT2D eigenvalue weighted by atomic mass is 35.5. The Balaban J connectivity index is 1.29. The molecule has 1 fully saturated rings. The molecule has 0 radical (unpaired) electrons. The Hall–Kier alpha value is -4.31. The number of aromatic nitrogens is 4. The van der Waals surface area contributed by atoms with E-state index in [2.05, 4.69) is 31.8 Å². The van der Waals surface area contributed by atoms with E-state index in [1.54, 1.807) is 47.4 Å². The number of nitrogens with zero attached hydrogens (tertiary/aromatic N) is 5. The molecule has 4 aromatic rings. The molecular formula is C26H22ClFN6O3. The van der Waals surface area contributed by atoms with E-state index in [1.807, 2.05) is 0 Å². The quantitative estimate of drug-likeness (QED) is 0.263. The van der Waals surface area contributed by atoms with Crippen LogP contribution in [0.25, 0.3) is 11.0 Å². The van der Waals surface area contributed by atoms with Crippen molar-refractivity contribution in [3.63, 3.8) is 0 Å². The van der Waals surface area contributed by atoms with E-state index in [-0.39, 0.29) is 18.6 Å². The monoisotopic (exact) mass is 520 g/mol. The number of amides is 1. The lowest BCUT2D eigenvalue weighted by atomic mass is 10.2. The van der Waals surface area contributed by atoms with Crippen molar-refractivity contribution < 1.29 is 18.7 Å². The van der Waals surface area contributed by atoms with Gasteiger partial charge in [-0.05, 0) is 42.5 Å². The summed E-state index contributed by atoms with van der Waals surface area (Å²) in [5, 5.41) is 3.57. The number of hydrogen-bond acceptors (Lipinski definition) is 8. The second kappa shape index (κ2) is 10.8. The smallest absolute Gasteiger partial charge is 0.246 e. The highest BCUT2D eigenvalue weighted by Gasteiger charge is 2.26. The van der Waals surface area contributed by atoms with Crippen LogP contribution in [-0.4, -0.2) is 49.9 Å². The molecule has 11 heteroatoms. The Morgan fingerprint density at radius 3 is 2.92 bits per heavy atom. The second-order valence-electron chi connectivity index (χ2n) is 8.27. The number of likely N-dealkylation sites (tertiary alicyclic amines) is 1. The highest BCUT2D eigenvalue weighted by molar-refractivity contribution is 6.32. The molecule has 1 N–H and O–H groups in total. The van der Waals surface area contributed by atoms with E-state index in [9.17, 15) is 9.18 Å². The summed E-state index contributed by atoms with van der Waals surface area (Å²) in [7, 11) is 0. The zero-order valence-electron chi connectivity index (χ0n) is 19.6. The summed E-state index contributed by atoms with van der Waals surface area (Å²) >= 11 is 6.41. The molecule has 1 aromatic carbocycles. The molecule has 3 aromatic heterocycles. The molecule has 4 heterocycles. The van der Waals surface area contributed by atoms with Crippen LogP contribution >= 0.6 is 11.6 Å². The molecule has 1 atom stereocenters. The fraction of sp³-hybridized carbons (Fsp3) is 0.192. The van der Waals surface area contributed by atoms with E-state index in [0.717, 1.165) is 0 Å². The summed E-state index contributed by atoms with van der Waals surface area (Å²) in [6, 6.07) is 13.2. The van der Waals surface area contributed by atoms with Crippen LogP contribution in [-0.2, 0) is 11.4 Å². The zero-order valence-corrected chi connectivity index (χ0v) is 20.4. The number of halogens is 2. The molecule has 5 rings (SSSR count). The van der Waals surface area contributed by atoms with Gasteiger partial charge in [-0.2, -0.15) is 4.39 Å². The average Bonchev–Trinajstić information content (AvgIpc) is 3.36. The van der Waals surface area contributed by atoms with Gasteiger partial charge in [0.2, 0.25) is 17.7 Å². The Bertz CT molecular complexity index is 1470. The summed E-state index contributed by atoms with van der Waals surface area (Å²) in [5.41, 5.74) is 2.26. The lowest BCUT2D eigenvalue weighted by Gasteiger charge is -2.16. The van der Waals surface area contributed by atoms with Crippen LogP contribution in [0.5, 0.6) is 11.6 Å². The predicted octanol–water partition coefficient (Wildman–Crippen LogP) is 4.70.